The summed E-state index contributed by atoms with van der Waals surface area (Å²) >= 11 is 2.13. The van der Waals surface area contributed by atoms with Gasteiger partial charge in [0.1, 0.15) is 0 Å². The van der Waals surface area contributed by atoms with Crippen molar-refractivity contribution in [2.45, 2.75) is 56.7 Å². The summed E-state index contributed by atoms with van der Waals surface area (Å²) in [5, 5.41) is 4.65. The highest BCUT2D eigenvalue weighted by atomic mass is 32.2. The molecule has 1 saturated heterocycles. The molecule has 2 fully saturated rings. The minimum absolute atomic E-state index is 0.817. The lowest BCUT2D eigenvalue weighted by molar-refractivity contribution is 0.330. The van der Waals surface area contributed by atoms with Crippen LogP contribution in [0.25, 0.3) is 0 Å². The fourth-order valence-electron chi connectivity index (χ4n) is 2.68. The van der Waals surface area contributed by atoms with Gasteiger partial charge >= 0.3 is 0 Å². The monoisotopic (exact) mass is 213 g/mol. The molecule has 2 heteroatoms. The summed E-state index contributed by atoms with van der Waals surface area (Å²) in [5.74, 6) is 2.33. The number of nitrogens with one attached hydrogen (secondary N) is 1. The van der Waals surface area contributed by atoms with Gasteiger partial charge in [0.25, 0.3) is 0 Å². The fourth-order valence-corrected chi connectivity index (χ4v) is 3.87. The highest BCUT2D eigenvalue weighted by molar-refractivity contribution is 8.00. The van der Waals surface area contributed by atoms with Gasteiger partial charge in [-0.3, -0.25) is 0 Å². The second-order valence-corrected chi connectivity index (χ2v) is 6.46. The van der Waals surface area contributed by atoms with Gasteiger partial charge < -0.3 is 5.32 Å². The van der Waals surface area contributed by atoms with E-state index in [2.05, 4.69) is 24.0 Å². The van der Waals surface area contributed by atoms with E-state index in [0.717, 1.165) is 17.2 Å². The lowest BCUT2D eigenvalue weighted by Gasteiger charge is -2.23. The Kier molecular flexibility index (Phi) is 4.18. The van der Waals surface area contributed by atoms with Crippen LogP contribution in [0, 0.1) is 5.92 Å². The average Bonchev–Trinajstić information content (AvgIpc) is 2.63. The molecule has 1 nitrogen and oxygen atoms in total. The molecule has 0 spiro atoms. The normalized spacial score (nSPS) is 34.9. The van der Waals surface area contributed by atoms with Crippen molar-refractivity contribution in [3.05, 3.63) is 0 Å². The Bertz CT molecular complexity index is 161. The largest absolute Gasteiger partial charge is 0.313 e. The first-order chi connectivity index (χ1) is 6.84. The zero-order valence-corrected chi connectivity index (χ0v) is 10.1. The van der Waals surface area contributed by atoms with Crippen LogP contribution in [0.1, 0.15) is 45.4 Å². The van der Waals surface area contributed by atoms with Crippen LogP contribution in [0.5, 0.6) is 0 Å². The highest BCUT2D eigenvalue weighted by Crippen LogP contribution is 2.27. The first-order valence-electron chi connectivity index (χ1n) is 6.19. The van der Waals surface area contributed by atoms with Gasteiger partial charge in [0.05, 0.1) is 0 Å². The van der Waals surface area contributed by atoms with Crippen LogP contribution in [0.15, 0.2) is 0 Å². The molecule has 1 aliphatic carbocycles. The Morgan fingerprint density at radius 1 is 1.21 bits per heavy atom. The van der Waals surface area contributed by atoms with E-state index in [1.165, 1.54) is 50.8 Å². The molecular weight excluding hydrogens is 190 g/mol. The van der Waals surface area contributed by atoms with E-state index in [1.807, 2.05) is 0 Å². The number of rotatable bonds is 3. The maximum atomic E-state index is 3.76. The number of thioether (sulfide) groups is 1. The van der Waals surface area contributed by atoms with E-state index >= 15 is 0 Å². The summed E-state index contributed by atoms with van der Waals surface area (Å²) in [5.41, 5.74) is 0. The molecule has 0 aromatic heterocycles. The zero-order valence-electron chi connectivity index (χ0n) is 9.30. The van der Waals surface area contributed by atoms with Crippen LogP contribution >= 0.6 is 11.8 Å². The van der Waals surface area contributed by atoms with Crippen LogP contribution < -0.4 is 5.32 Å². The second kappa shape index (κ2) is 5.41. The van der Waals surface area contributed by atoms with Crippen LogP contribution in [-0.2, 0) is 0 Å². The van der Waals surface area contributed by atoms with Crippen molar-refractivity contribution in [3.8, 4) is 0 Å². The Hall–Kier alpha value is 0.310. The summed E-state index contributed by atoms with van der Waals surface area (Å²) in [6.45, 7) is 3.64. The Morgan fingerprint density at radius 3 is 2.64 bits per heavy atom. The van der Waals surface area contributed by atoms with Gasteiger partial charge in [-0.1, -0.05) is 26.2 Å². The molecule has 1 heterocycles. The van der Waals surface area contributed by atoms with Crippen molar-refractivity contribution in [3.63, 3.8) is 0 Å². The summed E-state index contributed by atoms with van der Waals surface area (Å²) in [4.78, 5) is 0. The highest BCUT2D eigenvalue weighted by Gasteiger charge is 2.22. The van der Waals surface area contributed by atoms with E-state index in [-0.39, 0.29) is 0 Å². The molecule has 1 aliphatic heterocycles. The SMILES string of the molecule is CC1CC(NCC2CCCCC2)CS1. The molecule has 0 amide bonds. The summed E-state index contributed by atoms with van der Waals surface area (Å²) in [6, 6.07) is 0.817. The van der Waals surface area contributed by atoms with Gasteiger partial charge in [-0.05, 0) is 31.7 Å². The van der Waals surface area contributed by atoms with E-state index in [1.54, 1.807) is 0 Å². The molecule has 0 aromatic rings. The molecule has 2 aliphatic rings. The first-order valence-corrected chi connectivity index (χ1v) is 7.24. The predicted octanol–water partition coefficient (Wildman–Crippen LogP) is 3.05. The Morgan fingerprint density at radius 2 is 2.00 bits per heavy atom. The van der Waals surface area contributed by atoms with Crippen molar-refractivity contribution in [1.82, 2.24) is 5.32 Å². The number of hydrogen-bond acceptors (Lipinski definition) is 2. The second-order valence-electron chi connectivity index (χ2n) is 4.99. The van der Waals surface area contributed by atoms with Crippen LogP contribution in [0.4, 0.5) is 0 Å². The maximum absolute atomic E-state index is 3.76. The number of hydrogen-bond donors (Lipinski definition) is 1. The quantitative estimate of drug-likeness (QED) is 0.773. The molecule has 2 atom stereocenters. The molecule has 0 bridgehead atoms. The topological polar surface area (TPSA) is 12.0 Å². The van der Waals surface area contributed by atoms with Crippen molar-refractivity contribution in [2.75, 3.05) is 12.3 Å². The van der Waals surface area contributed by atoms with Gasteiger partial charge in [0, 0.05) is 17.0 Å². The maximum Gasteiger partial charge on any atom is 0.0168 e. The Labute approximate surface area is 92.4 Å². The van der Waals surface area contributed by atoms with Gasteiger partial charge in [0.15, 0.2) is 0 Å². The molecule has 82 valence electrons. The molecule has 1 saturated carbocycles. The van der Waals surface area contributed by atoms with Crippen LogP contribution in [-0.4, -0.2) is 23.6 Å². The fraction of sp³-hybridized carbons (Fsp3) is 1.00. The molecule has 14 heavy (non-hydrogen) atoms. The molecular formula is C12H23NS. The van der Waals surface area contributed by atoms with E-state index in [9.17, 15) is 0 Å². The average molecular weight is 213 g/mol. The standard InChI is InChI=1S/C12H23NS/c1-10-7-12(9-14-10)13-8-11-5-3-2-4-6-11/h10-13H,2-9H2,1H3. The summed E-state index contributed by atoms with van der Waals surface area (Å²) < 4.78 is 0. The summed E-state index contributed by atoms with van der Waals surface area (Å²) in [7, 11) is 0. The minimum atomic E-state index is 0.817. The van der Waals surface area contributed by atoms with Gasteiger partial charge in [-0.25, -0.2) is 0 Å². The summed E-state index contributed by atoms with van der Waals surface area (Å²) in [6.07, 6.45) is 8.76. The van der Waals surface area contributed by atoms with Gasteiger partial charge in [-0.15, -0.1) is 0 Å². The van der Waals surface area contributed by atoms with Gasteiger partial charge in [0.2, 0.25) is 0 Å². The van der Waals surface area contributed by atoms with E-state index < -0.39 is 0 Å². The lowest BCUT2D eigenvalue weighted by Crippen LogP contribution is -2.34. The van der Waals surface area contributed by atoms with Crippen molar-refractivity contribution < 1.29 is 0 Å². The van der Waals surface area contributed by atoms with Crippen molar-refractivity contribution in [2.24, 2.45) is 5.92 Å². The van der Waals surface area contributed by atoms with E-state index in [4.69, 9.17) is 0 Å². The lowest BCUT2D eigenvalue weighted by atomic mass is 9.89. The molecule has 0 radical (unpaired) electrons. The predicted molar refractivity (Wildman–Crippen MR) is 64.9 cm³/mol. The molecule has 0 aromatic carbocycles. The molecule has 2 unspecified atom stereocenters. The van der Waals surface area contributed by atoms with Crippen LogP contribution in [0.2, 0.25) is 0 Å². The van der Waals surface area contributed by atoms with Crippen molar-refractivity contribution in [1.29, 1.82) is 0 Å². The zero-order chi connectivity index (χ0) is 9.80. The van der Waals surface area contributed by atoms with Gasteiger partial charge in [-0.2, -0.15) is 11.8 Å². The smallest absolute Gasteiger partial charge is 0.0168 e. The molecule has 2 rings (SSSR count). The van der Waals surface area contributed by atoms with Crippen molar-refractivity contribution >= 4 is 11.8 Å². The third-order valence-corrected chi connectivity index (χ3v) is 4.97. The third-order valence-electron chi connectivity index (χ3n) is 3.62. The first kappa shape index (κ1) is 10.8. The minimum Gasteiger partial charge on any atom is -0.313 e. The third kappa shape index (κ3) is 3.16. The Balaban J connectivity index is 1.61. The van der Waals surface area contributed by atoms with E-state index in [0.29, 0.717) is 0 Å². The molecule has 1 N–H and O–H groups in total. The van der Waals surface area contributed by atoms with Crippen LogP contribution in [0.3, 0.4) is 0 Å².